The van der Waals surface area contributed by atoms with E-state index in [0.717, 1.165) is 0 Å². The molecule has 0 fully saturated rings. The number of hydrogen-bond donors (Lipinski definition) is 1. The summed E-state index contributed by atoms with van der Waals surface area (Å²) in [5, 5.41) is 3.69. The fourth-order valence-corrected chi connectivity index (χ4v) is 2.14. The van der Waals surface area contributed by atoms with Crippen LogP contribution in [-0.4, -0.2) is 12.1 Å². The summed E-state index contributed by atoms with van der Waals surface area (Å²) in [4.78, 5) is 0. The van der Waals surface area contributed by atoms with E-state index in [9.17, 15) is 0 Å². The molecule has 0 bridgehead atoms. The van der Waals surface area contributed by atoms with Crippen LogP contribution < -0.4 is 5.32 Å². The van der Waals surface area contributed by atoms with Crippen LogP contribution in [0.5, 0.6) is 0 Å². The molecule has 0 aromatic carbocycles. The van der Waals surface area contributed by atoms with E-state index in [4.69, 9.17) is 0 Å². The van der Waals surface area contributed by atoms with Crippen molar-refractivity contribution in [1.29, 1.82) is 0 Å². The Balaban J connectivity index is 4.20. The lowest BCUT2D eigenvalue weighted by Crippen LogP contribution is -2.43. The number of hydrogen-bond acceptors (Lipinski definition) is 1. The van der Waals surface area contributed by atoms with Crippen LogP contribution in [0, 0.1) is 5.41 Å². The minimum atomic E-state index is 0.250. The van der Waals surface area contributed by atoms with Gasteiger partial charge in [0.1, 0.15) is 0 Å². The van der Waals surface area contributed by atoms with Crippen LogP contribution in [-0.2, 0) is 0 Å². The number of rotatable bonds is 8. The molecule has 16 heavy (non-hydrogen) atoms. The van der Waals surface area contributed by atoms with Gasteiger partial charge in [0, 0.05) is 12.1 Å². The average molecular weight is 227 g/mol. The van der Waals surface area contributed by atoms with E-state index in [1.165, 1.54) is 45.1 Å². The van der Waals surface area contributed by atoms with E-state index in [0.29, 0.717) is 5.41 Å². The van der Waals surface area contributed by atoms with Crippen LogP contribution in [0.25, 0.3) is 0 Å². The van der Waals surface area contributed by atoms with Gasteiger partial charge in [0.15, 0.2) is 0 Å². The SMILES string of the molecule is CCCCCC(CC)(CC)CNC(C)(C)C. The van der Waals surface area contributed by atoms with Crippen molar-refractivity contribution >= 4 is 0 Å². The van der Waals surface area contributed by atoms with Crippen LogP contribution in [0.4, 0.5) is 0 Å². The van der Waals surface area contributed by atoms with Gasteiger partial charge in [-0.25, -0.2) is 0 Å². The number of unbranched alkanes of at least 4 members (excludes halogenated alkanes) is 2. The van der Waals surface area contributed by atoms with Gasteiger partial charge in [-0.3, -0.25) is 0 Å². The minimum Gasteiger partial charge on any atom is -0.312 e. The first kappa shape index (κ1) is 16.0. The van der Waals surface area contributed by atoms with Crippen molar-refractivity contribution in [3.8, 4) is 0 Å². The lowest BCUT2D eigenvalue weighted by molar-refractivity contribution is 0.199. The summed E-state index contributed by atoms with van der Waals surface area (Å²) in [6.07, 6.45) is 8.10. The van der Waals surface area contributed by atoms with Gasteiger partial charge in [-0.2, -0.15) is 0 Å². The van der Waals surface area contributed by atoms with Gasteiger partial charge in [-0.05, 0) is 45.4 Å². The fourth-order valence-electron chi connectivity index (χ4n) is 2.14. The molecule has 1 heteroatoms. The van der Waals surface area contributed by atoms with Crippen LogP contribution >= 0.6 is 0 Å². The third-order valence-corrected chi connectivity index (χ3v) is 3.80. The zero-order chi connectivity index (χ0) is 12.7. The summed E-state index contributed by atoms with van der Waals surface area (Å²) in [7, 11) is 0. The molecule has 0 spiro atoms. The van der Waals surface area contributed by atoms with Crippen LogP contribution in [0.3, 0.4) is 0 Å². The van der Waals surface area contributed by atoms with Crippen molar-refractivity contribution in [1.82, 2.24) is 5.32 Å². The second-order valence-electron chi connectivity index (χ2n) is 6.27. The first-order valence-electron chi connectivity index (χ1n) is 7.14. The topological polar surface area (TPSA) is 12.0 Å². The summed E-state index contributed by atoms with van der Waals surface area (Å²) in [6.45, 7) is 14.9. The van der Waals surface area contributed by atoms with Crippen molar-refractivity contribution in [3.05, 3.63) is 0 Å². The lowest BCUT2D eigenvalue weighted by Gasteiger charge is -2.35. The minimum absolute atomic E-state index is 0.250. The average Bonchev–Trinajstić information content (AvgIpc) is 2.23. The Morgan fingerprint density at radius 3 is 1.81 bits per heavy atom. The highest BCUT2D eigenvalue weighted by molar-refractivity contribution is 4.83. The summed E-state index contributed by atoms with van der Waals surface area (Å²) >= 11 is 0. The maximum absolute atomic E-state index is 3.69. The highest BCUT2D eigenvalue weighted by Crippen LogP contribution is 2.32. The largest absolute Gasteiger partial charge is 0.312 e. The second kappa shape index (κ2) is 7.32. The summed E-state index contributed by atoms with van der Waals surface area (Å²) < 4.78 is 0. The van der Waals surface area contributed by atoms with Crippen LogP contribution in [0.2, 0.25) is 0 Å². The third kappa shape index (κ3) is 6.52. The quantitative estimate of drug-likeness (QED) is 0.589. The molecule has 0 heterocycles. The molecule has 1 N–H and O–H groups in total. The maximum atomic E-state index is 3.69. The van der Waals surface area contributed by atoms with Gasteiger partial charge in [-0.15, -0.1) is 0 Å². The molecule has 98 valence electrons. The molecule has 0 saturated heterocycles. The Labute approximate surface area is 103 Å². The van der Waals surface area contributed by atoms with Crippen molar-refractivity contribution in [3.63, 3.8) is 0 Å². The molecular weight excluding hydrogens is 194 g/mol. The highest BCUT2D eigenvalue weighted by Gasteiger charge is 2.26. The molecule has 0 radical (unpaired) electrons. The highest BCUT2D eigenvalue weighted by atomic mass is 15.0. The normalized spacial score (nSPS) is 13.1. The zero-order valence-electron chi connectivity index (χ0n) is 12.4. The van der Waals surface area contributed by atoms with Crippen molar-refractivity contribution < 1.29 is 0 Å². The third-order valence-electron chi connectivity index (χ3n) is 3.80. The lowest BCUT2D eigenvalue weighted by atomic mass is 9.77. The van der Waals surface area contributed by atoms with Gasteiger partial charge in [-0.1, -0.05) is 40.0 Å². The molecule has 0 unspecified atom stereocenters. The Morgan fingerprint density at radius 2 is 1.44 bits per heavy atom. The van der Waals surface area contributed by atoms with Gasteiger partial charge in [0.05, 0.1) is 0 Å². The Hall–Kier alpha value is -0.0400. The van der Waals surface area contributed by atoms with Crippen molar-refractivity contribution in [2.45, 2.75) is 85.6 Å². The van der Waals surface area contributed by atoms with Gasteiger partial charge >= 0.3 is 0 Å². The number of nitrogens with one attached hydrogen (secondary N) is 1. The molecule has 0 rings (SSSR count). The fraction of sp³-hybridized carbons (Fsp3) is 1.00. The summed E-state index contributed by atoms with van der Waals surface area (Å²) in [6, 6.07) is 0. The molecule has 0 atom stereocenters. The molecule has 0 aliphatic rings. The van der Waals surface area contributed by atoms with Crippen molar-refractivity contribution in [2.24, 2.45) is 5.41 Å². The molecule has 1 nitrogen and oxygen atoms in total. The first-order valence-corrected chi connectivity index (χ1v) is 7.14. The second-order valence-corrected chi connectivity index (χ2v) is 6.27. The van der Waals surface area contributed by atoms with Crippen LogP contribution in [0.1, 0.15) is 80.1 Å². The maximum Gasteiger partial charge on any atom is 0.00967 e. The predicted molar refractivity (Wildman–Crippen MR) is 74.9 cm³/mol. The van der Waals surface area contributed by atoms with E-state index in [-0.39, 0.29) is 5.54 Å². The smallest absolute Gasteiger partial charge is 0.00967 e. The first-order chi connectivity index (χ1) is 7.39. The molecular formula is C15H33N. The summed E-state index contributed by atoms with van der Waals surface area (Å²) in [5.41, 5.74) is 0.781. The van der Waals surface area contributed by atoms with Crippen molar-refractivity contribution in [2.75, 3.05) is 6.54 Å². The van der Waals surface area contributed by atoms with E-state index >= 15 is 0 Å². The van der Waals surface area contributed by atoms with E-state index < -0.39 is 0 Å². The predicted octanol–water partition coefficient (Wildman–Crippen LogP) is 4.76. The van der Waals surface area contributed by atoms with E-state index in [1.807, 2.05) is 0 Å². The molecule has 0 aromatic heterocycles. The van der Waals surface area contributed by atoms with Gasteiger partial charge in [0.25, 0.3) is 0 Å². The standard InChI is InChI=1S/C15H33N/c1-7-10-11-12-15(8-2,9-3)13-16-14(4,5)6/h16H,7-13H2,1-6H3. The zero-order valence-corrected chi connectivity index (χ0v) is 12.4. The molecule has 0 aliphatic heterocycles. The van der Waals surface area contributed by atoms with E-state index in [2.05, 4.69) is 46.9 Å². The van der Waals surface area contributed by atoms with Gasteiger partial charge < -0.3 is 5.32 Å². The summed E-state index contributed by atoms with van der Waals surface area (Å²) in [5.74, 6) is 0. The Morgan fingerprint density at radius 1 is 0.875 bits per heavy atom. The molecule has 0 saturated carbocycles. The molecule has 0 amide bonds. The van der Waals surface area contributed by atoms with Crippen LogP contribution in [0.15, 0.2) is 0 Å². The molecule has 0 aromatic rings. The van der Waals surface area contributed by atoms with Gasteiger partial charge in [0.2, 0.25) is 0 Å². The molecule has 0 aliphatic carbocycles. The van der Waals surface area contributed by atoms with E-state index in [1.54, 1.807) is 0 Å². The Kier molecular flexibility index (Phi) is 7.30. The Bertz CT molecular complexity index is 163. The monoisotopic (exact) mass is 227 g/mol.